The van der Waals surface area contributed by atoms with Crippen molar-refractivity contribution < 1.29 is 4.79 Å². The van der Waals surface area contributed by atoms with E-state index < -0.39 is 0 Å². The van der Waals surface area contributed by atoms with Crippen LogP contribution < -0.4 is 4.90 Å². The molecule has 0 N–H and O–H groups in total. The molecule has 2 aliphatic heterocycles. The van der Waals surface area contributed by atoms with Gasteiger partial charge in [-0.3, -0.25) is 4.79 Å². The van der Waals surface area contributed by atoms with Gasteiger partial charge in [0.25, 0.3) is 0 Å². The minimum absolute atomic E-state index is 0.357. The van der Waals surface area contributed by atoms with Gasteiger partial charge < -0.3 is 14.7 Å². The molecular formula is C28H44BN3O. The Morgan fingerprint density at radius 2 is 1.64 bits per heavy atom. The predicted molar refractivity (Wildman–Crippen MR) is 139 cm³/mol. The summed E-state index contributed by atoms with van der Waals surface area (Å²) < 4.78 is 0. The second-order valence-corrected chi connectivity index (χ2v) is 11.1. The molecule has 1 saturated carbocycles. The molecule has 1 amide bonds. The third kappa shape index (κ3) is 5.44. The number of hydrogen-bond acceptors (Lipinski definition) is 3. The first kappa shape index (κ1) is 24.6. The van der Waals surface area contributed by atoms with Crippen molar-refractivity contribution >= 4 is 19.4 Å². The zero-order valence-electron chi connectivity index (χ0n) is 21.1. The average molecular weight is 449 g/mol. The lowest BCUT2D eigenvalue weighted by Gasteiger charge is -2.47. The second kappa shape index (κ2) is 11.3. The van der Waals surface area contributed by atoms with Gasteiger partial charge in [0.1, 0.15) is 5.54 Å². The van der Waals surface area contributed by atoms with Crippen LogP contribution in [0.3, 0.4) is 0 Å². The minimum atomic E-state index is -0.357. The molecule has 3 aliphatic rings. The summed E-state index contributed by atoms with van der Waals surface area (Å²) in [6, 6.07) is 11.4. The number of carbonyl (C=O) groups is 1. The van der Waals surface area contributed by atoms with E-state index in [0.29, 0.717) is 5.91 Å². The quantitative estimate of drug-likeness (QED) is 0.369. The van der Waals surface area contributed by atoms with E-state index in [-0.39, 0.29) is 5.54 Å². The number of unbranched alkanes of at least 4 members (excludes halogenated alkanes) is 3. The first-order chi connectivity index (χ1) is 16.0. The number of piperidine rings is 1. The van der Waals surface area contributed by atoms with E-state index in [2.05, 4.69) is 58.9 Å². The van der Waals surface area contributed by atoms with Crippen molar-refractivity contribution in [2.45, 2.75) is 96.0 Å². The first-order valence-electron chi connectivity index (χ1n) is 13.6. The van der Waals surface area contributed by atoms with Crippen molar-refractivity contribution in [3.8, 4) is 0 Å². The molecule has 3 fully saturated rings. The van der Waals surface area contributed by atoms with Crippen LogP contribution in [-0.2, 0) is 4.79 Å². The monoisotopic (exact) mass is 449 g/mol. The van der Waals surface area contributed by atoms with Crippen molar-refractivity contribution in [3.05, 3.63) is 30.3 Å². The van der Waals surface area contributed by atoms with Gasteiger partial charge in [0.2, 0.25) is 5.91 Å². The third-order valence-corrected chi connectivity index (χ3v) is 8.79. The smallest absolute Gasteiger partial charge is 0.250 e. The van der Waals surface area contributed by atoms with Gasteiger partial charge in [-0.05, 0) is 68.9 Å². The van der Waals surface area contributed by atoms with E-state index in [4.69, 9.17) is 7.85 Å². The van der Waals surface area contributed by atoms with Gasteiger partial charge in [0.15, 0.2) is 0 Å². The van der Waals surface area contributed by atoms with Gasteiger partial charge in [-0.25, -0.2) is 0 Å². The molecule has 2 saturated heterocycles. The van der Waals surface area contributed by atoms with Crippen LogP contribution in [0.25, 0.3) is 0 Å². The Bertz CT molecular complexity index is 739. The summed E-state index contributed by atoms with van der Waals surface area (Å²) in [6.07, 6.45) is 12.6. The van der Waals surface area contributed by atoms with Crippen LogP contribution >= 0.6 is 0 Å². The Kier molecular flexibility index (Phi) is 8.43. The number of amides is 1. The molecule has 1 aromatic rings. The van der Waals surface area contributed by atoms with E-state index in [1.54, 1.807) is 0 Å². The highest BCUT2D eigenvalue weighted by Gasteiger charge is 2.53. The maximum absolute atomic E-state index is 13.8. The molecule has 1 spiro atoms. The molecular weight excluding hydrogens is 405 g/mol. The summed E-state index contributed by atoms with van der Waals surface area (Å²) in [4.78, 5) is 21.1. The van der Waals surface area contributed by atoms with Crippen molar-refractivity contribution in [2.24, 2.45) is 11.8 Å². The summed E-state index contributed by atoms with van der Waals surface area (Å²) in [7, 11) is 5.64. The highest BCUT2D eigenvalue weighted by Crippen LogP contribution is 2.41. The molecule has 0 aromatic heterocycles. The number of carbonyl (C=O) groups excluding carboxylic acids is 1. The van der Waals surface area contributed by atoms with Crippen LogP contribution in [0.4, 0.5) is 5.69 Å². The molecule has 0 unspecified atom stereocenters. The van der Waals surface area contributed by atoms with E-state index in [1.165, 1.54) is 37.8 Å². The minimum Gasteiger partial charge on any atom is -0.339 e. The fourth-order valence-electron chi connectivity index (χ4n) is 6.57. The van der Waals surface area contributed by atoms with Crippen molar-refractivity contribution in [2.75, 3.05) is 31.2 Å². The van der Waals surface area contributed by atoms with E-state index in [9.17, 15) is 4.79 Å². The van der Waals surface area contributed by atoms with Gasteiger partial charge >= 0.3 is 0 Å². The molecule has 0 atom stereocenters. The predicted octanol–water partition coefficient (Wildman–Crippen LogP) is 5.49. The molecule has 33 heavy (non-hydrogen) atoms. The van der Waals surface area contributed by atoms with Crippen LogP contribution in [-0.4, -0.2) is 61.4 Å². The largest absolute Gasteiger partial charge is 0.339 e. The van der Waals surface area contributed by atoms with Gasteiger partial charge in [0, 0.05) is 31.4 Å². The summed E-state index contributed by atoms with van der Waals surface area (Å²) in [5.41, 5.74) is 0.840. The molecule has 180 valence electrons. The number of hydrogen-bond donors (Lipinski definition) is 0. The van der Waals surface area contributed by atoms with Crippen LogP contribution in [0, 0.1) is 11.8 Å². The van der Waals surface area contributed by atoms with E-state index in [1.807, 2.05) is 0 Å². The van der Waals surface area contributed by atoms with Gasteiger partial charge in [-0.15, -0.1) is 0 Å². The topological polar surface area (TPSA) is 26.8 Å². The molecule has 4 rings (SSSR count). The van der Waals surface area contributed by atoms with Crippen LogP contribution in [0.15, 0.2) is 30.3 Å². The van der Waals surface area contributed by atoms with Crippen LogP contribution in [0.2, 0.25) is 6.32 Å². The van der Waals surface area contributed by atoms with Gasteiger partial charge in [-0.2, -0.15) is 0 Å². The van der Waals surface area contributed by atoms with E-state index >= 15 is 0 Å². The third-order valence-electron chi connectivity index (χ3n) is 8.79. The summed E-state index contributed by atoms with van der Waals surface area (Å²) in [6.45, 7) is 8.47. The highest BCUT2D eigenvalue weighted by molar-refractivity contribution is 6.08. The Balaban J connectivity index is 1.41. The van der Waals surface area contributed by atoms with Gasteiger partial charge in [0.05, 0.1) is 14.5 Å². The summed E-state index contributed by atoms with van der Waals surface area (Å²) in [5.74, 6) is 2.08. The lowest BCUT2D eigenvalue weighted by atomic mass is 9.78. The number of nitrogens with zero attached hydrogens (tertiary/aromatic N) is 3. The molecule has 1 aromatic carbocycles. The maximum Gasteiger partial charge on any atom is 0.250 e. The lowest BCUT2D eigenvalue weighted by molar-refractivity contribution is -0.134. The zero-order chi connectivity index (χ0) is 23.3. The second-order valence-electron chi connectivity index (χ2n) is 11.1. The summed E-state index contributed by atoms with van der Waals surface area (Å²) in [5, 5.41) is 0. The molecule has 1 aliphatic carbocycles. The first-order valence-corrected chi connectivity index (χ1v) is 13.6. The van der Waals surface area contributed by atoms with Crippen molar-refractivity contribution in [3.63, 3.8) is 0 Å². The van der Waals surface area contributed by atoms with E-state index in [0.717, 1.165) is 82.6 Å². The highest BCUT2D eigenvalue weighted by atomic mass is 16.2. The number of rotatable bonds is 9. The Hall–Kier alpha value is -1.49. The number of para-hydroxylation sites is 1. The number of likely N-dealkylation sites (tertiary alicyclic amines) is 1. The number of anilines is 1. The molecule has 2 heterocycles. The molecule has 0 bridgehead atoms. The number of benzene rings is 1. The normalized spacial score (nSPS) is 26.0. The van der Waals surface area contributed by atoms with Crippen molar-refractivity contribution in [1.29, 1.82) is 0 Å². The maximum atomic E-state index is 13.8. The van der Waals surface area contributed by atoms with Gasteiger partial charge in [-0.1, -0.05) is 57.6 Å². The van der Waals surface area contributed by atoms with Crippen molar-refractivity contribution in [1.82, 2.24) is 9.80 Å². The van der Waals surface area contributed by atoms with Crippen LogP contribution in [0.1, 0.15) is 78.1 Å². The Labute approximate surface area is 203 Å². The fourth-order valence-corrected chi connectivity index (χ4v) is 6.57. The fraction of sp³-hybridized carbons (Fsp3) is 0.750. The summed E-state index contributed by atoms with van der Waals surface area (Å²) >= 11 is 0. The standard InChI is InChI=1S/C28H44BN3O/c1-23(2)24-12-14-25(15-13-24)30-20-16-28(17-21-30)27(33)31(19-9-4-3-8-18-29)22-32(28)26-10-6-5-7-11-26/h5-7,10-11,23-25H,3-4,8-9,12-22H2,1-2H3. The SMILES string of the molecule is [B]CCCCCCN1CN(c2ccccc2)C2(CCN(C3CCC(C(C)C)CC3)CC2)C1=O. The Morgan fingerprint density at radius 1 is 0.970 bits per heavy atom. The lowest BCUT2D eigenvalue weighted by Crippen LogP contribution is -2.58. The van der Waals surface area contributed by atoms with Crippen LogP contribution in [0.5, 0.6) is 0 Å². The average Bonchev–Trinajstić information content (AvgIpc) is 3.11. The molecule has 2 radical (unpaired) electrons. The molecule has 4 nitrogen and oxygen atoms in total. The zero-order valence-corrected chi connectivity index (χ0v) is 21.1. The Morgan fingerprint density at radius 3 is 2.27 bits per heavy atom. The molecule has 5 heteroatoms.